The number of hydrogen-bond donors (Lipinski definition) is 2. The lowest BCUT2D eigenvalue weighted by Gasteiger charge is -2.04. The Hall–Kier alpha value is 0.160. The summed E-state index contributed by atoms with van der Waals surface area (Å²) >= 11 is 1.85. The van der Waals surface area contributed by atoms with E-state index in [0.29, 0.717) is 0 Å². The molecule has 48 valence electrons. The summed E-state index contributed by atoms with van der Waals surface area (Å²) < 4.78 is -0.231. The second kappa shape index (κ2) is 3.24. The molecule has 3 nitrogen and oxygen atoms in total. The number of alkyl halides is 1. The van der Waals surface area contributed by atoms with Crippen LogP contribution in [0.2, 0.25) is 0 Å². The van der Waals surface area contributed by atoms with E-state index in [1.54, 1.807) is 6.92 Å². The molecule has 0 aromatic rings. The van der Waals surface area contributed by atoms with Crippen molar-refractivity contribution in [2.75, 3.05) is 0 Å². The van der Waals surface area contributed by atoms with Gasteiger partial charge in [-0.15, -0.1) is 0 Å². The molecular formula is C4H7IO3. The van der Waals surface area contributed by atoms with E-state index < -0.39 is 12.1 Å². The van der Waals surface area contributed by atoms with Gasteiger partial charge in [-0.05, 0) is 0 Å². The van der Waals surface area contributed by atoms with Gasteiger partial charge in [-0.2, -0.15) is 0 Å². The van der Waals surface area contributed by atoms with E-state index in [1.165, 1.54) is 0 Å². The lowest BCUT2D eigenvalue weighted by Crippen LogP contribution is -2.27. The second-order valence-corrected chi connectivity index (χ2v) is 3.43. The van der Waals surface area contributed by atoms with Crippen molar-refractivity contribution in [3.05, 3.63) is 0 Å². The topological polar surface area (TPSA) is 57.5 Å². The zero-order chi connectivity index (χ0) is 6.73. The summed E-state index contributed by atoms with van der Waals surface area (Å²) in [6.45, 7) is 1.64. The summed E-state index contributed by atoms with van der Waals surface area (Å²) in [7, 11) is 0. The number of halogens is 1. The summed E-state index contributed by atoms with van der Waals surface area (Å²) in [6.07, 6.45) is -1.23. The van der Waals surface area contributed by atoms with Crippen molar-refractivity contribution in [3.63, 3.8) is 0 Å². The predicted octanol–water partition coefficient (Wildman–Crippen LogP) is 0.255. The van der Waals surface area contributed by atoms with Crippen LogP contribution in [0.25, 0.3) is 0 Å². The molecule has 8 heavy (non-hydrogen) atoms. The Morgan fingerprint density at radius 2 is 2.12 bits per heavy atom. The highest BCUT2D eigenvalue weighted by molar-refractivity contribution is 14.1. The van der Waals surface area contributed by atoms with Gasteiger partial charge in [0.25, 0.3) is 0 Å². The Morgan fingerprint density at radius 3 is 2.12 bits per heavy atom. The number of rotatable bonds is 2. The second-order valence-electron chi connectivity index (χ2n) is 1.46. The zero-order valence-corrected chi connectivity index (χ0v) is 6.49. The number of aliphatic hydroxyl groups excluding tert-OH is 1. The van der Waals surface area contributed by atoms with Gasteiger partial charge in [0.2, 0.25) is 0 Å². The smallest absolute Gasteiger partial charge is 0.333 e. The SMILES string of the molecule is C[C@@H](I)[C@H](O)C(=O)O. The molecule has 0 rings (SSSR count). The third-order valence-corrected chi connectivity index (χ3v) is 1.37. The van der Waals surface area contributed by atoms with Crippen molar-refractivity contribution in [2.45, 2.75) is 17.0 Å². The van der Waals surface area contributed by atoms with Gasteiger partial charge in [-0.3, -0.25) is 0 Å². The molecule has 2 atom stereocenters. The number of aliphatic hydroxyl groups is 1. The highest BCUT2D eigenvalue weighted by Crippen LogP contribution is 2.03. The van der Waals surface area contributed by atoms with Crippen molar-refractivity contribution < 1.29 is 15.0 Å². The molecule has 0 saturated heterocycles. The molecule has 2 N–H and O–H groups in total. The Morgan fingerprint density at radius 1 is 1.75 bits per heavy atom. The summed E-state index contributed by atoms with van der Waals surface area (Å²) in [5.74, 6) is -1.16. The highest BCUT2D eigenvalue weighted by atomic mass is 127. The van der Waals surface area contributed by atoms with Crippen LogP contribution in [0.3, 0.4) is 0 Å². The van der Waals surface area contributed by atoms with E-state index in [0.717, 1.165) is 0 Å². The van der Waals surface area contributed by atoms with Gasteiger partial charge in [0.15, 0.2) is 6.10 Å². The lowest BCUT2D eigenvalue weighted by molar-refractivity contribution is -0.146. The van der Waals surface area contributed by atoms with Gasteiger partial charge in [-0.25, -0.2) is 4.79 Å². The van der Waals surface area contributed by atoms with E-state index in [-0.39, 0.29) is 3.92 Å². The molecule has 0 amide bonds. The van der Waals surface area contributed by atoms with Crippen molar-refractivity contribution in [1.82, 2.24) is 0 Å². The van der Waals surface area contributed by atoms with Crippen LogP contribution >= 0.6 is 22.6 Å². The summed E-state index contributed by atoms with van der Waals surface area (Å²) in [6, 6.07) is 0. The maximum Gasteiger partial charge on any atom is 0.333 e. The third-order valence-electron chi connectivity index (χ3n) is 0.688. The Balaban J connectivity index is 3.64. The zero-order valence-electron chi connectivity index (χ0n) is 4.34. The first kappa shape index (κ1) is 8.16. The maximum absolute atomic E-state index is 9.89. The van der Waals surface area contributed by atoms with Gasteiger partial charge in [-0.1, -0.05) is 29.5 Å². The molecule has 0 saturated carbocycles. The monoisotopic (exact) mass is 230 g/mol. The quantitative estimate of drug-likeness (QED) is 0.528. The fourth-order valence-corrected chi connectivity index (χ4v) is 0.504. The lowest BCUT2D eigenvalue weighted by atomic mass is 10.3. The standard InChI is InChI=1S/C4H7IO3/c1-2(5)3(6)4(7)8/h2-3,6H,1H3,(H,7,8)/t2-,3+/m1/s1. The molecule has 0 bridgehead atoms. The van der Waals surface area contributed by atoms with Crippen molar-refractivity contribution >= 4 is 28.6 Å². The Kier molecular flexibility index (Phi) is 3.30. The molecule has 0 fully saturated rings. The van der Waals surface area contributed by atoms with Crippen LogP contribution in [0.4, 0.5) is 0 Å². The predicted molar refractivity (Wildman–Crippen MR) is 37.1 cm³/mol. The van der Waals surface area contributed by atoms with Crippen LogP contribution in [0.5, 0.6) is 0 Å². The fourth-order valence-electron chi connectivity index (χ4n) is 0.196. The minimum Gasteiger partial charge on any atom is -0.479 e. The molecule has 0 unspecified atom stereocenters. The number of hydrogen-bond acceptors (Lipinski definition) is 2. The van der Waals surface area contributed by atoms with Crippen LogP contribution in [0, 0.1) is 0 Å². The average molecular weight is 230 g/mol. The molecule has 0 aromatic carbocycles. The highest BCUT2D eigenvalue weighted by Gasteiger charge is 2.17. The normalized spacial score (nSPS) is 17.4. The van der Waals surface area contributed by atoms with Crippen LogP contribution in [-0.2, 0) is 4.79 Å². The largest absolute Gasteiger partial charge is 0.479 e. The van der Waals surface area contributed by atoms with Crippen molar-refractivity contribution in [3.8, 4) is 0 Å². The number of carboxylic acid groups (broad SMARTS) is 1. The summed E-state index contributed by atoms with van der Waals surface area (Å²) in [5.41, 5.74) is 0. The molecule has 4 heteroatoms. The fraction of sp³-hybridized carbons (Fsp3) is 0.750. The molecule has 0 radical (unpaired) electrons. The number of carbonyl (C=O) groups is 1. The minimum atomic E-state index is -1.23. The first-order valence-corrected chi connectivity index (χ1v) is 3.35. The van der Waals surface area contributed by atoms with Crippen molar-refractivity contribution in [1.29, 1.82) is 0 Å². The molecule has 0 aliphatic rings. The van der Waals surface area contributed by atoms with Crippen LogP contribution < -0.4 is 0 Å². The molecular weight excluding hydrogens is 223 g/mol. The third kappa shape index (κ3) is 2.46. The number of aliphatic carboxylic acids is 1. The summed E-state index contributed by atoms with van der Waals surface area (Å²) in [5, 5.41) is 16.7. The van der Waals surface area contributed by atoms with Crippen LogP contribution in [0.15, 0.2) is 0 Å². The van der Waals surface area contributed by atoms with E-state index in [9.17, 15) is 4.79 Å². The van der Waals surface area contributed by atoms with E-state index in [2.05, 4.69) is 0 Å². The molecule has 0 aliphatic heterocycles. The summed E-state index contributed by atoms with van der Waals surface area (Å²) in [4.78, 5) is 9.89. The Labute approximate surface area is 60.8 Å². The van der Waals surface area contributed by atoms with E-state index in [4.69, 9.17) is 10.2 Å². The van der Waals surface area contributed by atoms with Gasteiger partial charge >= 0.3 is 5.97 Å². The van der Waals surface area contributed by atoms with E-state index in [1.807, 2.05) is 22.6 Å². The minimum absolute atomic E-state index is 0.231. The van der Waals surface area contributed by atoms with Crippen LogP contribution in [-0.4, -0.2) is 26.2 Å². The first-order valence-electron chi connectivity index (χ1n) is 2.10. The molecule has 0 aromatic heterocycles. The molecule has 0 spiro atoms. The van der Waals surface area contributed by atoms with Crippen molar-refractivity contribution in [2.24, 2.45) is 0 Å². The maximum atomic E-state index is 9.89. The number of carboxylic acids is 1. The van der Waals surface area contributed by atoms with Gasteiger partial charge in [0.05, 0.1) is 0 Å². The molecule has 0 aliphatic carbocycles. The van der Waals surface area contributed by atoms with E-state index >= 15 is 0 Å². The van der Waals surface area contributed by atoms with Gasteiger partial charge in [0, 0.05) is 3.92 Å². The molecule has 0 heterocycles. The van der Waals surface area contributed by atoms with Gasteiger partial charge < -0.3 is 10.2 Å². The Bertz CT molecular complexity index is 91.3. The van der Waals surface area contributed by atoms with Crippen LogP contribution in [0.1, 0.15) is 6.92 Å². The first-order chi connectivity index (χ1) is 3.55. The van der Waals surface area contributed by atoms with Gasteiger partial charge in [0.1, 0.15) is 0 Å². The average Bonchev–Trinajstić information content (AvgIpc) is 1.64.